The molecule has 7 rings (SSSR count). The van der Waals surface area contributed by atoms with Crippen LogP contribution in [0.1, 0.15) is 75.4 Å². The summed E-state index contributed by atoms with van der Waals surface area (Å²) in [6.45, 7) is 4.61. The number of halogens is 3. The Morgan fingerprint density at radius 2 is 1.71 bits per heavy atom. The molecule has 2 spiro atoms. The number of ether oxygens (including phenoxy) is 3. The molecular formula is C36H41F3N4O8S. The van der Waals surface area contributed by atoms with Crippen molar-refractivity contribution >= 4 is 22.1 Å². The van der Waals surface area contributed by atoms with Crippen LogP contribution in [0.3, 0.4) is 0 Å². The number of alkyl carbamates (subject to hydrolysis) is 1. The maximum Gasteiger partial charge on any atom is 0.534 e. The van der Waals surface area contributed by atoms with Gasteiger partial charge in [-0.2, -0.15) is 21.6 Å². The second-order valence-electron chi connectivity index (χ2n) is 14.3. The second-order valence-corrected chi connectivity index (χ2v) is 15.9. The van der Waals surface area contributed by atoms with Crippen LogP contribution in [-0.2, 0) is 41.0 Å². The minimum atomic E-state index is -5.82. The first kappa shape index (κ1) is 36.2. The van der Waals surface area contributed by atoms with Gasteiger partial charge >= 0.3 is 21.7 Å². The number of alkyl halides is 3. The molecule has 2 N–H and O–H groups in total. The highest BCUT2D eigenvalue weighted by molar-refractivity contribution is 7.88. The number of nitrogens with zero attached hydrogens (tertiary/aromatic N) is 2. The molecule has 2 aromatic carbocycles. The van der Waals surface area contributed by atoms with E-state index in [1.165, 1.54) is 13.2 Å². The number of hydrogen-bond donors (Lipinski definition) is 2. The predicted octanol–water partition coefficient (Wildman–Crippen LogP) is 6.13. The number of carbonyl (C=O) groups is 2. The number of H-pyrrole nitrogens is 1. The summed E-state index contributed by atoms with van der Waals surface area (Å²) in [5.74, 6) is -1.29. The van der Waals surface area contributed by atoms with E-state index in [0.717, 1.165) is 47.9 Å². The first-order valence-corrected chi connectivity index (χ1v) is 18.8. The lowest BCUT2D eigenvalue weighted by molar-refractivity contribution is -0.153. The quantitative estimate of drug-likeness (QED) is 0.205. The molecule has 2 aliphatic heterocycles. The van der Waals surface area contributed by atoms with Crippen molar-refractivity contribution in [3.63, 3.8) is 0 Å². The molecule has 2 saturated heterocycles. The molecule has 1 saturated carbocycles. The van der Waals surface area contributed by atoms with Gasteiger partial charge in [-0.25, -0.2) is 9.78 Å². The monoisotopic (exact) mass is 746 g/mol. The number of nitrogens with one attached hydrogen (secondary N) is 2. The molecule has 2 atom stereocenters. The van der Waals surface area contributed by atoms with Gasteiger partial charge in [-0.3, -0.25) is 4.79 Å². The molecule has 16 heteroatoms. The van der Waals surface area contributed by atoms with E-state index in [1.54, 1.807) is 17.2 Å². The van der Waals surface area contributed by atoms with Crippen LogP contribution in [0, 0.1) is 5.92 Å². The topological polar surface area (TPSA) is 149 Å². The van der Waals surface area contributed by atoms with Gasteiger partial charge in [-0.15, -0.1) is 0 Å². The fourth-order valence-electron chi connectivity index (χ4n) is 8.39. The molecule has 4 aliphatic rings. The first-order valence-electron chi connectivity index (χ1n) is 17.4. The molecule has 0 bridgehead atoms. The summed E-state index contributed by atoms with van der Waals surface area (Å²) in [5.41, 5.74) is -1.24. The van der Waals surface area contributed by atoms with Crippen molar-refractivity contribution in [3.05, 3.63) is 59.5 Å². The minimum Gasteiger partial charge on any atom is -0.453 e. The summed E-state index contributed by atoms with van der Waals surface area (Å²) in [6, 6.07) is 9.25. The average molecular weight is 747 g/mol. The van der Waals surface area contributed by atoms with Crippen LogP contribution in [0.2, 0.25) is 0 Å². The molecule has 12 nitrogen and oxygen atoms in total. The number of fused-ring (bicyclic) bond motifs is 2. The van der Waals surface area contributed by atoms with E-state index < -0.39 is 39.6 Å². The molecule has 3 heterocycles. The number of rotatable bonds is 8. The van der Waals surface area contributed by atoms with Crippen molar-refractivity contribution in [2.75, 3.05) is 26.9 Å². The van der Waals surface area contributed by atoms with E-state index in [4.69, 9.17) is 18.4 Å². The number of amides is 2. The third kappa shape index (κ3) is 6.42. The van der Waals surface area contributed by atoms with Crippen molar-refractivity contribution in [3.8, 4) is 28.1 Å². The van der Waals surface area contributed by atoms with Crippen LogP contribution in [-0.4, -0.2) is 79.5 Å². The zero-order valence-corrected chi connectivity index (χ0v) is 29.9. The van der Waals surface area contributed by atoms with Crippen LogP contribution in [0.25, 0.3) is 22.4 Å². The van der Waals surface area contributed by atoms with Crippen LogP contribution < -0.4 is 9.50 Å². The van der Waals surface area contributed by atoms with Crippen LogP contribution >= 0.6 is 0 Å². The molecule has 0 radical (unpaired) electrons. The number of benzene rings is 2. The van der Waals surface area contributed by atoms with Gasteiger partial charge in [0.15, 0.2) is 5.79 Å². The fraction of sp³-hybridized carbons (Fsp3) is 0.528. The van der Waals surface area contributed by atoms with Crippen molar-refractivity contribution in [2.24, 2.45) is 5.92 Å². The van der Waals surface area contributed by atoms with E-state index in [-0.39, 0.29) is 29.5 Å². The van der Waals surface area contributed by atoms with E-state index in [0.29, 0.717) is 49.6 Å². The summed E-state index contributed by atoms with van der Waals surface area (Å²) in [4.78, 5) is 35.7. The molecule has 3 fully saturated rings. The Bertz CT molecular complexity index is 1950. The third-order valence-electron chi connectivity index (χ3n) is 10.9. The lowest BCUT2D eigenvalue weighted by Crippen LogP contribution is -2.52. The Kier molecular flexibility index (Phi) is 9.31. The Labute approximate surface area is 299 Å². The molecule has 52 heavy (non-hydrogen) atoms. The second kappa shape index (κ2) is 13.4. The third-order valence-corrected chi connectivity index (χ3v) is 11.9. The normalized spacial score (nSPS) is 21.2. The number of methoxy groups -OCH3 is 1. The summed E-state index contributed by atoms with van der Waals surface area (Å²) in [7, 11) is -4.58. The van der Waals surface area contributed by atoms with Crippen molar-refractivity contribution in [2.45, 2.75) is 87.6 Å². The lowest BCUT2D eigenvalue weighted by atomic mass is 9.77. The molecule has 2 amide bonds. The van der Waals surface area contributed by atoms with Gasteiger partial charge in [0.1, 0.15) is 17.6 Å². The summed E-state index contributed by atoms with van der Waals surface area (Å²) >= 11 is 0. The lowest BCUT2D eigenvalue weighted by Gasteiger charge is -2.30. The predicted molar refractivity (Wildman–Crippen MR) is 181 cm³/mol. The number of imidazole rings is 1. The van der Waals surface area contributed by atoms with E-state index >= 15 is 0 Å². The van der Waals surface area contributed by atoms with Crippen molar-refractivity contribution in [1.82, 2.24) is 20.2 Å². The van der Waals surface area contributed by atoms with Gasteiger partial charge in [-0.1, -0.05) is 57.0 Å². The fourth-order valence-corrected chi connectivity index (χ4v) is 8.88. The Morgan fingerprint density at radius 3 is 2.35 bits per heavy atom. The van der Waals surface area contributed by atoms with Crippen LogP contribution in [0.15, 0.2) is 42.6 Å². The number of carbonyl (C=O) groups excluding carboxylic acids is 2. The molecule has 3 aromatic rings. The molecule has 2 aliphatic carbocycles. The molecule has 280 valence electrons. The highest BCUT2D eigenvalue weighted by atomic mass is 32.2. The maximum absolute atomic E-state index is 13.9. The smallest absolute Gasteiger partial charge is 0.453 e. The van der Waals surface area contributed by atoms with Gasteiger partial charge in [-0.05, 0) is 65.3 Å². The molecule has 1 aromatic heterocycles. The van der Waals surface area contributed by atoms with Crippen molar-refractivity contribution in [1.29, 1.82) is 0 Å². The van der Waals surface area contributed by atoms with Gasteiger partial charge < -0.3 is 33.6 Å². The number of hydrogen-bond acceptors (Lipinski definition) is 9. The largest absolute Gasteiger partial charge is 0.534 e. The van der Waals surface area contributed by atoms with Gasteiger partial charge in [0.05, 0.1) is 44.8 Å². The Balaban J connectivity index is 1.18. The maximum atomic E-state index is 13.9. The highest BCUT2D eigenvalue weighted by Gasteiger charge is 2.53. The van der Waals surface area contributed by atoms with Crippen molar-refractivity contribution < 1.29 is 49.6 Å². The SMILES string of the molecule is COC(=O)N[C@H](C(=O)N1CC2(C[C@H]1c1ncc(-c3ccc(-c4ccc(OS(=O)(=O)C(F)(F)F)c5c4C4(CCCC4)CC5)cc3)[nH]1)OCCO2)C(C)C. The van der Waals surface area contributed by atoms with Crippen LogP contribution in [0.5, 0.6) is 5.75 Å². The highest BCUT2D eigenvalue weighted by Crippen LogP contribution is 2.55. The zero-order valence-electron chi connectivity index (χ0n) is 29.0. The van der Waals surface area contributed by atoms with Gasteiger partial charge in [0, 0.05) is 12.0 Å². The summed E-state index contributed by atoms with van der Waals surface area (Å²) < 4.78 is 85.1. The van der Waals surface area contributed by atoms with Gasteiger partial charge in [0.25, 0.3) is 0 Å². The van der Waals surface area contributed by atoms with E-state index in [2.05, 4.69) is 15.3 Å². The minimum absolute atomic E-state index is 0.158. The molecular weight excluding hydrogens is 705 g/mol. The number of aromatic amines is 1. The summed E-state index contributed by atoms with van der Waals surface area (Å²) in [5, 5.41) is 2.65. The Hall–Kier alpha value is -4.15. The Morgan fingerprint density at radius 1 is 1.04 bits per heavy atom. The first-order chi connectivity index (χ1) is 24.7. The number of aromatic nitrogens is 2. The molecule has 0 unspecified atom stereocenters. The van der Waals surface area contributed by atoms with E-state index in [1.807, 2.05) is 38.1 Å². The van der Waals surface area contributed by atoms with E-state index in [9.17, 15) is 31.2 Å². The standard InChI is InChI=1S/C36H41F3N4O8S/c1-21(2)30(42-33(45)48-3)32(44)43-20-35(49-16-17-50-35)18-27(43)31-40-19-26(41-31)23-8-6-22(7-9-23)24-10-11-28(51-52(46,47)36(37,38)39)25-12-15-34(29(24)25)13-4-5-14-34/h6-11,19,21,27,30H,4-5,12-18,20H2,1-3H3,(H,40,41)(H,42,45)/t27-,30-/m0/s1. The number of likely N-dealkylation sites (tertiary alicyclic amines) is 1. The average Bonchev–Trinajstić information content (AvgIpc) is 3.96. The zero-order chi connectivity index (χ0) is 37.1. The summed E-state index contributed by atoms with van der Waals surface area (Å²) in [6.07, 6.45) is 6.14. The van der Waals surface area contributed by atoms with Gasteiger partial charge in [0.2, 0.25) is 5.91 Å². The van der Waals surface area contributed by atoms with Crippen LogP contribution in [0.4, 0.5) is 18.0 Å².